The van der Waals surface area contributed by atoms with E-state index in [1.165, 1.54) is 0 Å². The molecule has 0 saturated carbocycles. The van der Waals surface area contributed by atoms with Gasteiger partial charge in [-0.3, -0.25) is 0 Å². The summed E-state index contributed by atoms with van der Waals surface area (Å²) in [5, 5.41) is 10.9. The van der Waals surface area contributed by atoms with Crippen molar-refractivity contribution >= 4 is 10.0 Å². The molecule has 0 spiro atoms. The molecule has 0 aromatic heterocycles. The molecule has 0 saturated heterocycles. The van der Waals surface area contributed by atoms with Crippen molar-refractivity contribution in [1.29, 1.82) is 0 Å². The van der Waals surface area contributed by atoms with E-state index in [-0.39, 0.29) is 12.5 Å². The Balaban J connectivity index is 2.40. The summed E-state index contributed by atoms with van der Waals surface area (Å²) in [7, 11) is -3.37. The summed E-state index contributed by atoms with van der Waals surface area (Å²) in [5.41, 5.74) is 0.620. The van der Waals surface area contributed by atoms with Crippen molar-refractivity contribution in [1.82, 2.24) is 4.72 Å². The summed E-state index contributed by atoms with van der Waals surface area (Å²) in [4.78, 5) is 0. The number of benzene rings is 2. The Kier molecular flexibility index (Phi) is 5.01. The normalized spacial score (nSPS) is 14.7. The predicted molar refractivity (Wildman–Crippen MR) is 88.2 cm³/mol. The van der Waals surface area contributed by atoms with Gasteiger partial charge in [0.25, 0.3) is 0 Å². The van der Waals surface area contributed by atoms with E-state index in [0.717, 1.165) is 17.4 Å². The Morgan fingerprint density at radius 3 is 1.77 bits per heavy atom. The van der Waals surface area contributed by atoms with Crippen molar-refractivity contribution in [2.45, 2.75) is 18.4 Å². The van der Waals surface area contributed by atoms with Gasteiger partial charge in [0.1, 0.15) is 0 Å². The van der Waals surface area contributed by atoms with Crippen LogP contribution >= 0.6 is 0 Å². The molecule has 0 amide bonds. The topological polar surface area (TPSA) is 66.4 Å². The average molecular weight is 319 g/mol. The van der Waals surface area contributed by atoms with E-state index >= 15 is 0 Å². The molecular formula is C17H21NO3S. The van der Waals surface area contributed by atoms with E-state index in [2.05, 4.69) is 4.72 Å². The van der Waals surface area contributed by atoms with Crippen LogP contribution in [0.4, 0.5) is 0 Å². The maximum atomic E-state index is 11.4. The number of hydrogen-bond donors (Lipinski definition) is 2. The molecule has 22 heavy (non-hydrogen) atoms. The minimum atomic E-state index is -3.37. The lowest BCUT2D eigenvalue weighted by molar-refractivity contribution is 0.0481. The summed E-state index contributed by atoms with van der Waals surface area (Å²) in [6.45, 7) is 1.59. The second kappa shape index (κ2) is 6.60. The van der Waals surface area contributed by atoms with E-state index in [0.29, 0.717) is 0 Å². The summed E-state index contributed by atoms with van der Waals surface area (Å²) < 4.78 is 25.1. The monoisotopic (exact) mass is 319 g/mol. The first kappa shape index (κ1) is 16.7. The van der Waals surface area contributed by atoms with Gasteiger partial charge in [-0.1, -0.05) is 60.7 Å². The van der Waals surface area contributed by atoms with Gasteiger partial charge < -0.3 is 5.11 Å². The molecule has 0 aliphatic carbocycles. The molecule has 0 fully saturated rings. The Morgan fingerprint density at radius 2 is 1.41 bits per heavy atom. The molecule has 2 aromatic carbocycles. The fourth-order valence-electron chi connectivity index (χ4n) is 2.58. The highest BCUT2D eigenvalue weighted by atomic mass is 32.2. The molecule has 0 bridgehead atoms. The first-order valence-corrected chi connectivity index (χ1v) is 8.96. The van der Waals surface area contributed by atoms with E-state index in [4.69, 9.17) is 0 Å². The molecular weight excluding hydrogens is 298 g/mol. The van der Waals surface area contributed by atoms with Gasteiger partial charge in [0.2, 0.25) is 10.0 Å². The SMILES string of the molecule is C[C@@](O)(CNS(C)(=O)=O)C(c1ccccc1)c1ccccc1. The third kappa shape index (κ3) is 4.40. The largest absolute Gasteiger partial charge is 0.388 e. The molecule has 1 atom stereocenters. The second-order valence-corrected chi connectivity index (χ2v) is 7.54. The summed E-state index contributed by atoms with van der Waals surface area (Å²) >= 11 is 0. The van der Waals surface area contributed by atoms with Crippen molar-refractivity contribution in [3.05, 3.63) is 71.8 Å². The van der Waals surface area contributed by atoms with Crippen LogP contribution in [0.15, 0.2) is 60.7 Å². The second-order valence-electron chi connectivity index (χ2n) is 5.70. The van der Waals surface area contributed by atoms with Crippen LogP contribution in [0.2, 0.25) is 0 Å². The fourth-order valence-corrected chi connectivity index (χ4v) is 3.14. The highest BCUT2D eigenvalue weighted by molar-refractivity contribution is 7.88. The molecule has 0 heterocycles. The molecule has 118 valence electrons. The lowest BCUT2D eigenvalue weighted by atomic mass is 9.78. The Morgan fingerprint density at radius 1 is 1.00 bits per heavy atom. The summed E-state index contributed by atoms with van der Waals surface area (Å²) in [6, 6.07) is 19.2. The number of rotatable bonds is 6. The Hall–Kier alpha value is -1.69. The van der Waals surface area contributed by atoms with Crippen molar-refractivity contribution < 1.29 is 13.5 Å². The van der Waals surface area contributed by atoms with Gasteiger partial charge >= 0.3 is 0 Å². The fraction of sp³-hybridized carbons (Fsp3) is 0.294. The molecule has 2 N–H and O–H groups in total. The van der Waals surface area contributed by atoms with Crippen molar-refractivity contribution in [2.24, 2.45) is 0 Å². The maximum Gasteiger partial charge on any atom is 0.208 e. The minimum absolute atomic E-state index is 0.0553. The first-order valence-electron chi connectivity index (χ1n) is 7.06. The van der Waals surface area contributed by atoms with Crippen molar-refractivity contribution in [3.8, 4) is 0 Å². The van der Waals surface area contributed by atoms with Gasteiger partial charge in [-0.25, -0.2) is 13.1 Å². The van der Waals surface area contributed by atoms with Crippen LogP contribution < -0.4 is 4.72 Å². The summed E-state index contributed by atoms with van der Waals surface area (Å²) in [6.07, 6.45) is 1.09. The summed E-state index contributed by atoms with van der Waals surface area (Å²) in [5.74, 6) is -0.329. The third-order valence-corrected chi connectivity index (χ3v) is 4.25. The van der Waals surface area contributed by atoms with E-state index < -0.39 is 15.6 Å². The molecule has 0 unspecified atom stereocenters. The Bertz CT molecular complexity index is 658. The van der Waals surface area contributed by atoms with E-state index in [9.17, 15) is 13.5 Å². The van der Waals surface area contributed by atoms with Gasteiger partial charge in [0, 0.05) is 12.5 Å². The molecule has 2 aromatic rings. The number of aliphatic hydroxyl groups is 1. The van der Waals surface area contributed by atoms with Gasteiger partial charge in [-0.2, -0.15) is 0 Å². The van der Waals surface area contributed by atoms with Gasteiger partial charge in [-0.15, -0.1) is 0 Å². The lowest BCUT2D eigenvalue weighted by Gasteiger charge is -2.34. The molecule has 2 rings (SSSR count). The van der Waals surface area contributed by atoms with Crippen LogP contribution in [0.3, 0.4) is 0 Å². The highest BCUT2D eigenvalue weighted by Gasteiger charge is 2.34. The third-order valence-electron chi connectivity index (χ3n) is 3.58. The van der Waals surface area contributed by atoms with Crippen LogP contribution in [-0.2, 0) is 10.0 Å². The van der Waals surface area contributed by atoms with Crippen LogP contribution in [0.5, 0.6) is 0 Å². The standard InChI is InChI=1S/C17H21NO3S/c1-17(19,13-18-22(2,20)21)16(14-9-5-3-6-10-14)15-11-7-4-8-12-15/h3-12,16,18-19H,13H2,1-2H3/t17-/m1/s1. The van der Waals surface area contributed by atoms with Crippen LogP contribution in [0.25, 0.3) is 0 Å². The van der Waals surface area contributed by atoms with Gasteiger partial charge in [-0.05, 0) is 18.1 Å². The zero-order valence-corrected chi connectivity index (χ0v) is 13.5. The van der Waals surface area contributed by atoms with Crippen LogP contribution in [0, 0.1) is 0 Å². The number of sulfonamides is 1. The molecule has 5 heteroatoms. The number of nitrogens with one attached hydrogen (secondary N) is 1. The van der Waals surface area contributed by atoms with Crippen molar-refractivity contribution in [3.63, 3.8) is 0 Å². The van der Waals surface area contributed by atoms with Crippen LogP contribution in [-0.4, -0.2) is 31.9 Å². The van der Waals surface area contributed by atoms with Crippen molar-refractivity contribution in [2.75, 3.05) is 12.8 Å². The maximum absolute atomic E-state index is 11.4. The first-order chi connectivity index (χ1) is 10.3. The lowest BCUT2D eigenvalue weighted by Crippen LogP contribution is -2.45. The molecule has 4 nitrogen and oxygen atoms in total. The van der Waals surface area contributed by atoms with E-state index in [1.807, 2.05) is 60.7 Å². The zero-order valence-electron chi connectivity index (χ0n) is 12.7. The average Bonchev–Trinajstić information content (AvgIpc) is 2.47. The minimum Gasteiger partial charge on any atom is -0.388 e. The van der Waals surface area contributed by atoms with Gasteiger partial charge in [0.05, 0.1) is 11.9 Å². The predicted octanol–water partition coefficient (Wildman–Crippen LogP) is 2.12. The van der Waals surface area contributed by atoms with Gasteiger partial charge in [0.15, 0.2) is 0 Å². The van der Waals surface area contributed by atoms with E-state index in [1.54, 1.807) is 6.92 Å². The molecule has 0 radical (unpaired) electrons. The smallest absolute Gasteiger partial charge is 0.208 e. The molecule has 0 aliphatic heterocycles. The van der Waals surface area contributed by atoms with Crippen LogP contribution in [0.1, 0.15) is 24.0 Å². The zero-order chi connectivity index (χ0) is 16.2. The highest BCUT2D eigenvalue weighted by Crippen LogP contribution is 2.34. The quantitative estimate of drug-likeness (QED) is 0.857. The Labute approximate surface area is 131 Å². The molecule has 0 aliphatic rings. The number of hydrogen-bond acceptors (Lipinski definition) is 3.